The van der Waals surface area contributed by atoms with Crippen molar-refractivity contribution in [2.75, 3.05) is 6.61 Å². The minimum atomic E-state index is -0.292. The molecule has 1 rings (SSSR count). The van der Waals surface area contributed by atoms with Crippen LogP contribution in [0.15, 0.2) is 27.1 Å². The fraction of sp³-hybridized carbons (Fsp3) is 0.300. The summed E-state index contributed by atoms with van der Waals surface area (Å²) in [6.07, 6.45) is 0.831. The molecule has 0 aliphatic heterocycles. The second-order valence-electron chi connectivity index (χ2n) is 2.76. The zero-order chi connectivity index (χ0) is 10.6. The maximum atomic E-state index is 11.5. The van der Waals surface area contributed by atoms with Crippen molar-refractivity contribution < 1.29 is 9.53 Å². The lowest BCUT2D eigenvalue weighted by Crippen LogP contribution is -2.06. The van der Waals surface area contributed by atoms with E-state index in [2.05, 4.69) is 31.9 Å². The number of benzene rings is 1. The van der Waals surface area contributed by atoms with Crippen molar-refractivity contribution in [3.63, 3.8) is 0 Å². The fourth-order valence-electron chi connectivity index (χ4n) is 0.926. The van der Waals surface area contributed by atoms with Gasteiger partial charge in [0.2, 0.25) is 0 Å². The quantitative estimate of drug-likeness (QED) is 0.792. The molecule has 1 aromatic carbocycles. The van der Waals surface area contributed by atoms with Crippen LogP contribution in [0.5, 0.6) is 0 Å². The highest BCUT2D eigenvalue weighted by Gasteiger charge is 2.11. The molecular weight excluding hydrogens is 312 g/mol. The maximum absolute atomic E-state index is 11.5. The Morgan fingerprint density at radius 1 is 1.43 bits per heavy atom. The average molecular weight is 322 g/mol. The van der Waals surface area contributed by atoms with Crippen LogP contribution in [0.1, 0.15) is 23.7 Å². The number of hydrogen-bond donors (Lipinski definition) is 0. The Labute approximate surface area is 99.9 Å². The lowest BCUT2D eigenvalue weighted by molar-refractivity contribution is 0.0504. The van der Waals surface area contributed by atoms with E-state index in [4.69, 9.17) is 4.74 Å². The van der Waals surface area contributed by atoms with E-state index in [0.717, 1.165) is 15.4 Å². The molecule has 0 aliphatic rings. The highest BCUT2D eigenvalue weighted by molar-refractivity contribution is 9.11. The van der Waals surface area contributed by atoms with Gasteiger partial charge in [-0.15, -0.1) is 0 Å². The van der Waals surface area contributed by atoms with Gasteiger partial charge in [-0.25, -0.2) is 4.79 Å². The Morgan fingerprint density at radius 3 is 2.79 bits per heavy atom. The summed E-state index contributed by atoms with van der Waals surface area (Å²) in [6.45, 7) is 2.42. The van der Waals surface area contributed by atoms with Crippen molar-refractivity contribution in [1.29, 1.82) is 0 Å². The molecule has 0 unspecified atom stereocenters. The van der Waals surface area contributed by atoms with Crippen LogP contribution < -0.4 is 0 Å². The number of carbonyl (C=O) groups is 1. The van der Waals surface area contributed by atoms with Gasteiger partial charge in [0.15, 0.2) is 0 Å². The second-order valence-corrected chi connectivity index (χ2v) is 4.53. The van der Waals surface area contributed by atoms with Crippen molar-refractivity contribution in [3.8, 4) is 0 Å². The van der Waals surface area contributed by atoms with Crippen LogP contribution in [0.25, 0.3) is 0 Å². The normalized spacial score (nSPS) is 9.93. The topological polar surface area (TPSA) is 26.3 Å². The van der Waals surface area contributed by atoms with Crippen LogP contribution in [-0.4, -0.2) is 12.6 Å². The summed E-state index contributed by atoms with van der Waals surface area (Å²) in [6, 6.07) is 5.41. The molecule has 2 nitrogen and oxygen atoms in total. The molecule has 0 aliphatic carbocycles. The van der Waals surface area contributed by atoms with Gasteiger partial charge in [0, 0.05) is 8.95 Å². The molecule has 0 atom stereocenters. The van der Waals surface area contributed by atoms with Crippen molar-refractivity contribution >= 4 is 37.8 Å². The van der Waals surface area contributed by atoms with E-state index in [9.17, 15) is 4.79 Å². The molecule has 14 heavy (non-hydrogen) atoms. The third-order valence-corrected chi connectivity index (χ3v) is 2.77. The lowest BCUT2D eigenvalue weighted by atomic mass is 10.2. The van der Waals surface area contributed by atoms with Gasteiger partial charge in [-0.2, -0.15) is 0 Å². The van der Waals surface area contributed by atoms with Crippen LogP contribution >= 0.6 is 31.9 Å². The van der Waals surface area contributed by atoms with Gasteiger partial charge in [-0.1, -0.05) is 22.9 Å². The van der Waals surface area contributed by atoms with E-state index in [1.54, 1.807) is 6.07 Å². The summed E-state index contributed by atoms with van der Waals surface area (Å²) >= 11 is 6.61. The minimum Gasteiger partial charge on any atom is -0.462 e. The number of rotatable bonds is 3. The zero-order valence-corrected chi connectivity index (χ0v) is 10.9. The van der Waals surface area contributed by atoms with Crippen LogP contribution in [0, 0.1) is 0 Å². The fourth-order valence-corrected chi connectivity index (χ4v) is 1.70. The van der Waals surface area contributed by atoms with E-state index in [1.165, 1.54) is 0 Å². The second kappa shape index (κ2) is 5.51. The first-order valence-corrected chi connectivity index (χ1v) is 5.86. The van der Waals surface area contributed by atoms with Crippen molar-refractivity contribution in [2.45, 2.75) is 13.3 Å². The zero-order valence-electron chi connectivity index (χ0n) is 7.72. The Kier molecular flexibility index (Phi) is 4.62. The molecular formula is C10H10Br2O2. The summed E-state index contributed by atoms with van der Waals surface area (Å²) < 4.78 is 6.64. The monoisotopic (exact) mass is 320 g/mol. The summed E-state index contributed by atoms with van der Waals surface area (Å²) in [5.74, 6) is -0.292. The molecule has 1 aromatic rings. The molecule has 0 radical (unpaired) electrons. The van der Waals surface area contributed by atoms with Crippen molar-refractivity contribution in [3.05, 3.63) is 32.7 Å². The number of esters is 1. The molecule has 0 aromatic heterocycles. The van der Waals surface area contributed by atoms with E-state index in [-0.39, 0.29) is 5.97 Å². The number of halogens is 2. The van der Waals surface area contributed by atoms with Gasteiger partial charge in [-0.3, -0.25) is 0 Å². The Morgan fingerprint density at radius 2 is 2.14 bits per heavy atom. The first-order chi connectivity index (χ1) is 6.65. The molecule has 0 amide bonds. The van der Waals surface area contributed by atoms with Crippen LogP contribution in [0.2, 0.25) is 0 Å². The van der Waals surface area contributed by atoms with Crippen LogP contribution in [0.4, 0.5) is 0 Å². The Balaban J connectivity index is 2.83. The third kappa shape index (κ3) is 3.10. The highest BCUT2D eigenvalue weighted by atomic mass is 79.9. The first kappa shape index (κ1) is 11.7. The first-order valence-electron chi connectivity index (χ1n) is 4.27. The highest BCUT2D eigenvalue weighted by Crippen LogP contribution is 2.22. The molecule has 0 N–H and O–H groups in total. The molecule has 0 bridgehead atoms. The molecule has 0 heterocycles. The summed E-state index contributed by atoms with van der Waals surface area (Å²) in [5.41, 5.74) is 0.549. The molecule has 0 spiro atoms. The number of hydrogen-bond acceptors (Lipinski definition) is 2. The molecule has 0 saturated carbocycles. The minimum absolute atomic E-state index is 0.292. The van der Waals surface area contributed by atoms with E-state index in [1.807, 2.05) is 19.1 Å². The molecule has 76 valence electrons. The third-order valence-electron chi connectivity index (χ3n) is 1.59. The van der Waals surface area contributed by atoms with E-state index in [0.29, 0.717) is 12.2 Å². The smallest absolute Gasteiger partial charge is 0.339 e. The predicted octanol–water partition coefficient (Wildman–Crippen LogP) is 3.78. The number of carbonyl (C=O) groups excluding carboxylic acids is 1. The van der Waals surface area contributed by atoms with Crippen LogP contribution in [-0.2, 0) is 4.74 Å². The van der Waals surface area contributed by atoms with E-state index < -0.39 is 0 Å². The van der Waals surface area contributed by atoms with Crippen LogP contribution in [0.3, 0.4) is 0 Å². The van der Waals surface area contributed by atoms with Gasteiger partial charge in [0.05, 0.1) is 12.2 Å². The largest absolute Gasteiger partial charge is 0.462 e. The summed E-state index contributed by atoms with van der Waals surface area (Å²) in [5, 5.41) is 0. The SMILES string of the molecule is CCCOC(=O)c1cc(Br)ccc1Br. The van der Waals surface area contributed by atoms with Gasteiger partial charge >= 0.3 is 5.97 Å². The predicted molar refractivity (Wildman–Crippen MR) is 62.4 cm³/mol. The van der Waals surface area contributed by atoms with Gasteiger partial charge in [-0.05, 0) is 40.5 Å². The average Bonchev–Trinajstić information content (AvgIpc) is 2.18. The van der Waals surface area contributed by atoms with Gasteiger partial charge in [0.1, 0.15) is 0 Å². The molecule has 0 fully saturated rings. The molecule has 0 saturated heterocycles. The standard InChI is InChI=1S/C10H10Br2O2/c1-2-5-14-10(13)8-6-7(11)3-4-9(8)12/h3-4,6H,2,5H2,1H3. The van der Waals surface area contributed by atoms with Gasteiger partial charge in [0.25, 0.3) is 0 Å². The van der Waals surface area contributed by atoms with Crippen molar-refractivity contribution in [1.82, 2.24) is 0 Å². The Hall–Kier alpha value is -0.350. The van der Waals surface area contributed by atoms with Crippen molar-refractivity contribution in [2.24, 2.45) is 0 Å². The molecule has 4 heteroatoms. The van der Waals surface area contributed by atoms with Gasteiger partial charge < -0.3 is 4.74 Å². The maximum Gasteiger partial charge on any atom is 0.339 e. The number of ether oxygens (including phenoxy) is 1. The van der Waals surface area contributed by atoms with E-state index >= 15 is 0 Å². The summed E-state index contributed by atoms with van der Waals surface area (Å²) in [7, 11) is 0. The summed E-state index contributed by atoms with van der Waals surface area (Å²) in [4.78, 5) is 11.5. The Bertz CT molecular complexity index is 337. The lowest BCUT2D eigenvalue weighted by Gasteiger charge is -2.05.